The van der Waals surface area contributed by atoms with E-state index in [1.165, 1.54) is 0 Å². The largest absolute Gasteiger partial charge is 0.337 e. The fourth-order valence-electron chi connectivity index (χ4n) is 1.39. The summed E-state index contributed by atoms with van der Waals surface area (Å²) in [6, 6.07) is 5.13. The first-order valence-electron chi connectivity index (χ1n) is 5.38. The van der Waals surface area contributed by atoms with Gasteiger partial charge in [-0.3, -0.25) is 4.79 Å². The van der Waals surface area contributed by atoms with Gasteiger partial charge in [-0.25, -0.2) is 4.98 Å². The maximum Gasteiger partial charge on any atom is 0.270 e. The van der Waals surface area contributed by atoms with Crippen molar-refractivity contribution in [3.8, 4) is 12.3 Å². The summed E-state index contributed by atoms with van der Waals surface area (Å²) < 4.78 is 0. The highest BCUT2D eigenvalue weighted by molar-refractivity contribution is 5.92. The fraction of sp³-hybridized carbons (Fsp3) is 0.385. The zero-order chi connectivity index (χ0) is 12.0. The lowest BCUT2D eigenvalue weighted by Crippen LogP contribution is -2.34. The van der Waals surface area contributed by atoms with E-state index in [9.17, 15) is 4.79 Å². The summed E-state index contributed by atoms with van der Waals surface area (Å²) in [5.74, 6) is 2.35. The van der Waals surface area contributed by atoms with Crippen LogP contribution < -0.4 is 5.32 Å². The molecule has 84 valence electrons. The van der Waals surface area contributed by atoms with Crippen LogP contribution in [0.4, 0.5) is 0 Å². The Labute approximate surface area is 96.3 Å². The van der Waals surface area contributed by atoms with Crippen molar-refractivity contribution >= 4 is 5.91 Å². The number of carbonyl (C=O) groups is 1. The molecule has 0 aromatic carbocycles. The molecule has 0 spiro atoms. The molecule has 0 aliphatic heterocycles. The molecule has 0 aliphatic rings. The molecule has 3 nitrogen and oxygen atoms in total. The fourth-order valence-corrected chi connectivity index (χ4v) is 1.39. The third kappa shape index (κ3) is 3.39. The van der Waals surface area contributed by atoms with E-state index in [0.717, 1.165) is 18.5 Å². The van der Waals surface area contributed by atoms with Gasteiger partial charge in [-0.1, -0.05) is 25.3 Å². The van der Waals surface area contributed by atoms with Crippen molar-refractivity contribution in [3.63, 3.8) is 0 Å². The van der Waals surface area contributed by atoms with Gasteiger partial charge in [0.25, 0.3) is 5.91 Å². The Kier molecular flexibility index (Phi) is 4.53. The molecule has 16 heavy (non-hydrogen) atoms. The van der Waals surface area contributed by atoms with Gasteiger partial charge in [0.15, 0.2) is 0 Å². The second-order valence-electron chi connectivity index (χ2n) is 3.65. The standard InChI is InChI=1S/C13H16N2O/c1-4-7-11(5-2)15-13(16)12-9-6-8-10(3)14-12/h2,6,8-9,11H,4,7H2,1,3H3,(H,15,16). The number of amides is 1. The Bertz CT molecular complexity index is 407. The molecule has 0 bridgehead atoms. The molecule has 1 heterocycles. The van der Waals surface area contributed by atoms with E-state index in [-0.39, 0.29) is 11.9 Å². The van der Waals surface area contributed by atoms with Crippen LogP contribution in [0.1, 0.15) is 35.9 Å². The molecule has 1 aromatic rings. The SMILES string of the molecule is C#CC(CCC)NC(=O)c1cccc(C)n1. The molecule has 0 aliphatic carbocycles. The minimum absolute atomic E-state index is 0.208. The van der Waals surface area contributed by atoms with E-state index >= 15 is 0 Å². The number of terminal acetylenes is 1. The molecule has 1 unspecified atom stereocenters. The summed E-state index contributed by atoms with van der Waals surface area (Å²) in [7, 11) is 0. The molecule has 0 saturated heterocycles. The van der Waals surface area contributed by atoms with Gasteiger partial charge in [0.1, 0.15) is 5.69 Å². The van der Waals surface area contributed by atoms with Crippen LogP contribution in [0.3, 0.4) is 0 Å². The highest BCUT2D eigenvalue weighted by Gasteiger charge is 2.11. The van der Waals surface area contributed by atoms with Gasteiger partial charge in [-0.15, -0.1) is 6.42 Å². The van der Waals surface area contributed by atoms with Crippen LogP contribution in [0, 0.1) is 19.3 Å². The van der Waals surface area contributed by atoms with Crippen molar-refractivity contribution in [2.75, 3.05) is 0 Å². The van der Waals surface area contributed by atoms with Gasteiger partial charge in [0, 0.05) is 5.69 Å². The number of rotatable bonds is 4. The summed E-state index contributed by atoms with van der Waals surface area (Å²) in [6.45, 7) is 3.88. The smallest absolute Gasteiger partial charge is 0.270 e. The second kappa shape index (κ2) is 5.92. The van der Waals surface area contributed by atoms with Gasteiger partial charge in [-0.2, -0.15) is 0 Å². The maximum absolute atomic E-state index is 11.8. The summed E-state index contributed by atoms with van der Waals surface area (Å²) >= 11 is 0. The summed E-state index contributed by atoms with van der Waals surface area (Å²) in [5, 5.41) is 2.77. The molecule has 0 radical (unpaired) electrons. The highest BCUT2D eigenvalue weighted by atomic mass is 16.1. The average Bonchev–Trinajstić information content (AvgIpc) is 2.28. The van der Waals surface area contributed by atoms with E-state index < -0.39 is 0 Å². The summed E-state index contributed by atoms with van der Waals surface area (Å²) in [4.78, 5) is 15.9. The monoisotopic (exact) mass is 216 g/mol. The Balaban J connectivity index is 2.69. The molecule has 1 N–H and O–H groups in total. The third-order valence-corrected chi connectivity index (χ3v) is 2.20. The number of aromatic nitrogens is 1. The molecule has 1 aromatic heterocycles. The number of hydrogen-bond donors (Lipinski definition) is 1. The number of nitrogens with zero attached hydrogens (tertiary/aromatic N) is 1. The predicted molar refractivity (Wildman–Crippen MR) is 64.0 cm³/mol. The van der Waals surface area contributed by atoms with E-state index in [2.05, 4.69) is 16.2 Å². The van der Waals surface area contributed by atoms with Gasteiger partial charge >= 0.3 is 0 Å². The first-order chi connectivity index (χ1) is 7.67. The Morgan fingerprint density at radius 2 is 2.38 bits per heavy atom. The maximum atomic E-state index is 11.8. The highest BCUT2D eigenvalue weighted by Crippen LogP contribution is 2.00. The number of aryl methyl sites for hydroxylation is 1. The quantitative estimate of drug-likeness (QED) is 0.781. The lowest BCUT2D eigenvalue weighted by atomic mass is 10.1. The molecular weight excluding hydrogens is 200 g/mol. The van der Waals surface area contributed by atoms with E-state index in [1.54, 1.807) is 6.07 Å². The van der Waals surface area contributed by atoms with Gasteiger partial charge in [0.2, 0.25) is 0 Å². The number of nitrogens with one attached hydrogen (secondary N) is 1. The van der Waals surface area contributed by atoms with Crippen molar-refractivity contribution in [2.24, 2.45) is 0 Å². The summed E-state index contributed by atoms with van der Waals surface area (Å²) in [6.07, 6.45) is 7.06. The summed E-state index contributed by atoms with van der Waals surface area (Å²) in [5.41, 5.74) is 1.23. The molecule has 1 rings (SSSR count). The normalized spacial score (nSPS) is 11.6. The molecule has 1 atom stereocenters. The molecule has 1 amide bonds. The molecule has 0 fully saturated rings. The van der Waals surface area contributed by atoms with Crippen molar-refractivity contribution in [1.29, 1.82) is 0 Å². The Morgan fingerprint density at radius 3 is 2.94 bits per heavy atom. The number of carbonyl (C=O) groups excluding carboxylic acids is 1. The van der Waals surface area contributed by atoms with Crippen LogP contribution in [-0.4, -0.2) is 16.9 Å². The van der Waals surface area contributed by atoms with Crippen molar-refractivity contribution < 1.29 is 4.79 Å². The lowest BCUT2D eigenvalue weighted by molar-refractivity contribution is 0.0939. The van der Waals surface area contributed by atoms with Crippen molar-refractivity contribution in [2.45, 2.75) is 32.7 Å². The Morgan fingerprint density at radius 1 is 1.62 bits per heavy atom. The zero-order valence-electron chi connectivity index (χ0n) is 9.66. The first kappa shape index (κ1) is 12.3. The lowest BCUT2D eigenvalue weighted by Gasteiger charge is -2.11. The van der Waals surface area contributed by atoms with Crippen LogP contribution in [0.15, 0.2) is 18.2 Å². The predicted octanol–water partition coefficient (Wildman–Crippen LogP) is 1.92. The molecular formula is C13H16N2O. The van der Waals surface area contributed by atoms with Gasteiger partial charge in [-0.05, 0) is 25.5 Å². The topological polar surface area (TPSA) is 42.0 Å². The van der Waals surface area contributed by atoms with E-state index in [0.29, 0.717) is 5.69 Å². The van der Waals surface area contributed by atoms with Crippen LogP contribution in [-0.2, 0) is 0 Å². The van der Waals surface area contributed by atoms with Crippen molar-refractivity contribution in [3.05, 3.63) is 29.6 Å². The van der Waals surface area contributed by atoms with Crippen LogP contribution in [0.5, 0.6) is 0 Å². The second-order valence-corrected chi connectivity index (χ2v) is 3.65. The molecule has 3 heteroatoms. The number of hydrogen-bond acceptors (Lipinski definition) is 2. The van der Waals surface area contributed by atoms with E-state index in [4.69, 9.17) is 6.42 Å². The Hall–Kier alpha value is -1.82. The van der Waals surface area contributed by atoms with E-state index in [1.807, 2.05) is 26.0 Å². The number of pyridine rings is 1. The minimum Gasteiger partial charge on any atom is -0.337 e. The van der Waals surface area contributed by atoms with Gasteiger partial charge in [0.05, 0.1) is 6.04 Å². The van der Waals surface area contributed by atoms with Crippen molar-refractivity contribution in [1.82, 2.24) is 10.3 Å². The molecule has 0 saturated carbocycles. The van der Waals surface area contributed by atoms with Gasteiger partial charge < -0.3 is 5.32 Å². The zero-order valence-corrected chi connectivity index (χ0v) is 9.66. The van der Waals surface area contributed by atoms with Crippen LogP contribution in [0.25, 0.3) is 0 Å². The third-order valence-electron chi connectivity index (χ3n) is 2.20. The van der Waals surface area contributed by atoms with Crippen LogP contribution >= 0.6 is 0 Å². The first-order valence-corrected chi connectivity index (χ1v) is 5.38. The minimum atomic E-state index is -0.209. The average molecular weight is 216 g/mol. The van der Waals surface area contributed by atoms with Crippen LogP contribution in [0.2, 0.25) is 0 Å².